The van der Waals surface area contributed by atoms with Gasteiger partial charge < -0.3 is 10.1 Å². The van der Waals surface area contributed by atoms with Gasteiger partial charge in [-0.3, -0.25) is 4.68 Å². The summed E-state index contributed by atoms with van der Waals surface area (Å²) in [5.41, 5.74) is 4.87. The van der Waals surface area contributed by atoms with E-state index in [1.165, 1.54) is 16.8 Å². The molecule has 0 bridgehead atoms. The van der Waals surface area contributed by atoms with Crippen LogP contribution in [0.4, 0.5) is 0 Å². The SMILES string of the molecule is CCCNCc1cnn(Cc2cc(C)ccc2OC)c1C. The van der Waals surface area contributed by atoms with Crippen LogP contribution in [0, 0.1) is 13.8 Å². The Bertz CT molecular complexity index is 590. The van der Waals surface area contributed by atoms with Gasteiger partial charge in [-0.15, -0.1) is 0 Å². The zero-order chi connectivity index (χ0) is 15.2. The number of hydrogen-bond donors (Lipinski definition) is 1. The quantitative estimate of drug-likeness (QED) is 0.796. The lowest BCUT2D eigenvalue weighted by Gasteiger charge is -2.11. The van der Waals surface area contributed by atoms with Crippen LogP contribution in [0.3, 0.4) is 0 Å². The van der Waals surface area contributed by atoms with E-state index < -0.39 is 0 Å². The van der Waals surface area contributed by atoms with Crippen LogP contribution in [0.5, 0.6) is 5.75 Å². The van der Waals surface area contributed by atoms with E-state index in [-0.39, 0.29) is 0 Å². The molecule has 0 aliphatic heterocycles. The minimum absolute atomic E-state index is 0.741. The number of hydrogen-bond acceptors (Lipinski definition) is 3. The van der Waals surface area contributed by atoms with Crippen LogP contribution >= 0.6 is 0 Å². The molecular formula is C17H25N3O. The fraction of sp³-hybridized carbons (Fsp3) is 0.471. The summed E-state index contributed by atoms with van der Waals surface area (Å²) in [7, 11) is 1.71. The second-order valence-corrected chi connectivity index (χ2v) is 5.40. The van der Waals surface area contributed by atoms with Gasteiger partial charge in [-0.25, -0.2) is 0 Å². The predicted molar refractivity (Wildman–Crippen MR) is 85.8 cm³/mol. The van der Waals surface area contributed by atoms with Crippen molar-refractivity contribution < 1.29 is 4.74 Å². The number of nitrogens with zero attached hydrogens (tertiary/aromatic N) is 2. The molecule has 1 heterocycles. The summed E-state index contributed by atoms with van der Waals surface area (Å²) in [4.78, 5) is 0. The second kappa shape index (κ2) is 7.27. The van der Waals surface area contributed by atoms with Gasteiger partial charge >= 0.3 is 0 Å². The van der Waals surface area contributed by atoms with Crippen molar-refractivity contribution in [2.45, 2.75) is 40.3 Å². The zero-order valence-electron chi connectivity index (χ0n) is 13.4. The zero-order valence-corrected chi connectivity index (χ0v) is 13.4. The normalized spacial score (nSPS) is 10.9. The van der Waals surface area contributed by atoms with Gasteiger partial charge in [-0.05, 0) is 32.9 Å². The highest BCUT2D eigenvalue weighted by atomic mass is 16.5. The second-order valence-electron chi connectivity index (χ2n) is 5.40. The molecule has 0 saturated heterocycles. The first-order valence-electron chi connectivity index (χ1n) is 7.51. The fourth-order valence-corrected chi connectivity index (χ4v) is 2.41. The third kappa shape index (κ3) is 3.85. The molecule has 1 aromatic heterocycles. The topological polar surface area (TPSA) is 39.1 Å². The molecule has 0 radical (unpaired) electrons. The van der Waals surface area contributed by atoms with Crippen LogP contribution in [0.25, 0.3) is 0 Å². The summed E-state index contributed by atoms with van der Waals surface area (Å²) >= 11 is 0. The molecule has 0 aliphatic carbocycles. The molecule has 0 saturated carbocycles. The van der Waals surface area contributed by atoms with Crippen LogP contribution in [0.1, 0.15) is 35.7 Å². The first-order chi connectivity index (χ1) is 10.2. The Hall–Kier alpha value is -1.81. The molecule has 21 heavy (non-hydrogen) atoms. The Morgan fingerprint density at radius 2 is 2.05 bits per heavy atom. The van der Waals surface area contributed by atoms with Gasteiger partial charge in [0.25, 0.3) is 0 Å². The van der Waals surface area contributed by atoms with E-state index in [9.17, 15) is 0 Å². The average Bonchev–Trinajstić information content (AvgIpc) is 2.81. The number of aryl methyl sites for hydroxylation is 1. The molecule has 0 atom stereocenters. The third-order valence-electron chi connectivity index (χ3n) is 3.70. The summed E-state index contributed by atoms with van der Waals surface area (Å²) in [6.07, 6.45) is 3.11. The molecule has 0 unspecified atom stereocenters. The number of methoxy groups -OCH3 is 1. The summed E-state index contributed by atoms with van der Waals surface area (Å²) in [6.45, 7) is 9.05. The number of aromatic nitrogens is 2. The summed E-state index contributed by atoms with van der Waals surface area (Å²) < 4.78 is 7.49. The summed E-state index contributed by atoms with van der Waals surface area (Å²) in [6, 6.07) is 6.25. The van der Waals surface area contributed by atoms with Gasteiger partial charge in [0.1, 0.15) is 5.75 Å². The molecule has 0 aliphatic rings. The van der Waals surface area contributed by atoms with Crippen molar-refractivity contribution in [2.75, 3.05) is 13.7 Å². The van der Waals surface area contributed by atoms with E-state index in [0.717, 1.165) is 37.4 Å². The minimum atomic E-state index is 0.741. The highest BCUT2D eigenvalue weighted by molar-refractivity contribution is 5.37. The van der Waals surface area contributed by atoms with E-state index >= 15 is 0 Å². The Morgan fingerprint density at radius 1 is 1.24 bits per heavy atom. The Labute approximate surface area is 127 Å². The molecule has 2 aromatic rings. The van der Waals surface area contributed by atoms with E-state index in [1.807, 2.05) is 16.9 Å². The maximum Gasteiger partial charge on any atom is 0.123 e. The van der Waals surface area contributed by atoms with Gasteiger partial charge in [0.05, 0.1) is 19.9 Å². The Morgan fingerprint density at radius 3 is 2.76 bits per heavy atom. The van der Waals surface area contributed by atoms with Crippen LogP contribution in [0.2, 0.25) is 0 Å². The lowest BCUT2D eigenvalue weighted by atomic mass is 10.1. The molecule has 2 rings (SSSR count). The molecule has 1 N–H and O–H groups in total. The van der Waals surface area contributed by atoms with E-state index in [1.54, 1.807) is 7.11 Å². The third-order valence-corrected chi connectivity index (χ3v) is 3.70. The Kier molecular flexibility index (Phi) is 5.39. The van der Waals surface area contributed by atoms with Crippen molar-refractivity contribution in [3.63, 3.8) is 0 Å². The predicted octanol–water partition coefficient (Wildman–Crippen LogP) is 3.06. The maximum absolute atomic E-state index is 5.45. The van der Waals surface area contributed by atoms with Crippen LogP contribution < -0.4 is 10.1 Å². The summed E-state index contributed by atoms with van der Waals surface area (Å²) in [5.74, 6) is 0.918. The first-order valence-corrected chi connectivity index (χ1v) is 7.51. The highest BCUT2D eigenvalue weighted by Crippen LogP contribution is 2.21. The Balaban J connectivity index is 2.15. The van der Waals surface area contributed by atoms with Gasteiger partial charge in [-0.1, -0.05) is 24.6 Å². The van der Waals surface area contributed by atoms with E-state index in [0.29, 0.717) is 0 Å². The van der Waals surface area contributed by atoms with Crippen LogP contribution in [-0.4, -0.2) is 23.4 Å². The van der Waals surface area contributed by atoms with Gasteiger partial charge in [0, 0.05) is 23.4 Å². The van der Waals surface area contributed by atoms with Gasteiger partial charge in [0.15, 0.2) is 0 Å². The fourth-order valence-electron chi connectivity index (χ4n) is 2.41. The molecule has 0 amide bonds. The minimum Gasteiger partial charge on any atom is -0.496 e. The lowest BCUT2D eigenvalue weighted by Crippen LogP contribution is -2.14. The van der Waals surface area contributed by atoms with E-state index in [2.05, 4.69) is 43.3 Å². The molecule has 4 nitrogen and oxygen atoms in total. The number of ether oxygens (including phenoxy) is 1. The molecule has 1 aromatic carbocycles. The van der Waals surface area contributed by atoms with Crippen LogP contribution in [0.15, 0.2) is 24.4 Å². The smallest absolute Gasteiger partial charge is 0.123 e. The first kappa shape index (κ1) is 15.6. The average molecular weight is 287 g/mol. The molecule has 0 fully saturated rings. The van der Waals surface area contributed by atoms with Crippen molar-refractivity contribution in [3.8, 4) is 5.75 Å². The van der Waals surface area contributed by atoms with Crippen molar-refractivity contribution in [3.05, 3.63) is 46.8 Å². The van der Waals surface area contributed by atoms with Crippen molar-refractivity contribution in [1.82, 2.24) is 15.1 Å². The number of nitrogens with one attached hydrogen (secondary N) is 1. The lowest BCUT2D eigenvalue weighted by molar-refractivity contribution is 0.407. The van der Waals surface area contributed by atoms with Gasteiger partial charge in [0.2, 0.25) is 0 Å². The maximum atomic E-state index is 5.45. The molecule has 0 spiro atoms. The largest absolute Gasteiger partial charge is 0.496 e. The summed E-state index contributed by atoms with van der Waals surface area (Å²) in [5, 5.41) is 7.94. The molecule has 114 valence electrons. The molecule has 4 heteroatoms. The monoisotopic (exact) mass is 287 g/mol. The molecular weight excluding hydrogens is 262 g/mol. The number of rotatable bonds is 7. The van der Waals surface area contributed by atoms with Crippen LogP contribution in [-0.2, 0) is 13.1 Å². The number of benzene rings is 1. The highest BCUT2D eigenvalue weighted by Gasteiger charge is 2.09. The van der Waals surface area contributed by atoms with Crippen molar-refractivity contribution in [1.29, 1.82) is 0 Å². The van der Waals surface area contributed by atoms with Gasteiger partial charge in [-0.2, -0.15) is 5.10 Å². The standard InChI is InChI=1S/C17H25N3O/c1-5-8-18-10-16-11-19-20(14(16)3)12-15-9-13(2)6-7-17(15)21-4/h6-7,9,11,18H,5,8,10,12H2,1-4H3. The van der Waals surface area contributed by atoms with E-state index in [4.69, 9.17) is 4.74 Å². The van der Waals surface area contributed by atoms with Crippen molar-refractivity contribution in [2.24, 2.45) is 0 Å². The van der Waals surface area contributed by atoms with Crippen molar-refractivity contribution >= 4 is 0 Å².